The number of hydrogen-bond acceptors (Lipinski definition) is 9. The van der Waals surface area contributed by atoms with E-state index in [9.17, 15) is 33.5 Å². The highest BCUT2D eigenvalue weighted by Gasteiger charge is 2.35. The second-order valence-electron chi connectivity index (χ2n) is 10.2. The van der Waals surface area contributed by atoms with E-state index in [2.05, 4.69) is 5.32 Å². The van der Waals surface area contributed by atoms with Gasteiger partial charge in [0.15, 0.2) is 0 Å². The summed E-state index contributed by atoms with van der Waals surface area (Å²) in [7, 11) is -1.37. The highest BCUT2D eigenvalue weighted by molar-refractivity contribution is 7.85. The number of nitrogens with zero attached hydrogens (tertiary/aromatic N) is 3. The van der Waals surface area contributed by atoms with E-state index in [1.54, 1.807) is 48.5 Å². The van der Waals surface area contributed by atoms with Crippen molar-refractivity contribution in [1.82, 2.24) is 15.1 Å². The van der Waals surface area contributed by atoms with Crippen LogP contribution in [0.5, 0.6) is 0 Å². The van der Waals surface area contributed by atoms with Crippen molar-refractivity contribution >= 4 is 67.3 Å². The summed E-state index contributed by atoms with van der Waals surface area (Å²) >= 11 is 0. The molecule has 45 heavy (non-hydrogen) atoms. The monoisotopic (exact) mass is 629 g/mol. The van der Waals surface area contributed by atoms with Gasteiger partial charge in [0.1, 0.15) is 0 Å². The molecule has 2 heterocycles. The van der Waals surface area contributed by atoms with E-state index >= 15 is 0 Å². The van der Waals surface area contributed by atoms with Crippen LogP contribution in [0, 0.1) is 10.1 Å². The molecule has 0 saturated heterocycles. The van der Waals surface area contributed by atoms with Gasteiger partial charge in [-0.15, -0.1) is 0 Å². The first-order valence-corrected chi connectivity index (χ1v) is 16.0. The molecule has 4 amide bonds. The lowest BCUT2D eigenvalue weighted by Gasteiger charge is -2.27. The number of nitro groups is 1. The number of anilines is 1. The molecule has 0 fully saturated rings. The molecule has 232 valence electrons. The zero-order chi connectivity index (χ0) is 32.4. The molecule has 0 radical (unpaired) electrons. The number of nitrogens with two attached hydrogens (primary N) is 1. The summed E-state index contributed by atoms with van der Waals surface area (Å²) in [5.41, 5.74) is 7.27. The third-order valence-corrected chi connectivity index (χ3v) is 8.93. The van der Waals surface area contributed by atoms with Crippen LogP contribution in [-0.4, -0.2) is 80.2 Å². The fourth-order valence-corrected chi connectivity index (χ4v) is 6.59. The molecule has 0 saturated carbocycles. The molecule has 2 aliphatic heterocycles. The zero-order valence-corrected chi connectivity index (χ0v) is 25.5. The fraction of sp³-hybridized carbons (Fsp3) is 0.250. The Morgan fingerprint density at radius 2 is 1.27 bits per heavy atom. The summed E-state index contributed by atoms with van der Waals surface area (Å²) in [4.78, 5) is 65.3. The summed E-state index contributed by atoms with van der Waals surface area (Å²) in [5.74, 6) is -1.73. The average Bonchev–Trinajstić information content (AvgIpc) is 3.03. The highest BCUT2D eigenvalue weighted by Crippen LogP contribution is 2.34. The third kappa shape index (κ3) is 5.79. The zero-order valence-electron chi connectivity index (χ0n) is 24.7. The van der Waals surface area contributed by atoms with Crippen molar-refractivity contribution in [2.45, 2.75) is 13.8 Å². The van der Waals surface area contributed by atoms with Crippen LogP contribution in [0.15, 0.2) is 60.7 Å². The predicted octanol–water partition coefficient (Wildman–Crippen LogP) is 3.74. The molecule has 3 N–H and O–H groups in total. The van der Waals surface area contributed by atoms with E-state index in [4.69, 9.17) is 5.73 Å². The Hall–Kier alpha value is -5.01. The van der Waals surface area contributed by atoms with Crippen molar-refractivity contribution in [2.24, 2.45) is 0 Å². The molecule has 1 atom stereocenters. The molecular formula is C32H31N5O7S. The Balaban J connectivity index is 0.00000196. The van der Waals surface area contributed by atoms with Gasteiger partial charge >= 0.3 is 0 Å². The molecule has 1 unspecified atom stereocenters. The summed E-state index contributed by atoms with van der Waals surface area (Å²) in [6, 6.07) is 15.8. The Kier molecular flexibility index (Phi) is 9.02. The summed E-state index contributed by atoms with van der Waals surface area (Å²) in [6.07, 6.45) is 0. The van der Waals surface area contributed by atoms with Gasteiger partial charge in [0.05, 0.1) is 16.1 Å². The molecule has 0 aliphatic carbocycles. The quantitative estimate of drug-likeness (QED) is 0.0871. The second kappa shape index (κ2) is 12.9. The minimum Gasteiger partial charge on any atom is -0.399 e. The molecule has 0 spiro atoms. The van der Waals surface area contributed by atoms with Gasteiger partial charge in [-0.25, -0.2) is 0 Å². The third-order valence-electron chi connectivity index (χ3n) is 7.64. The number of nitro benzene ring substituents is 1. The summed E-state index contributed by atoms with van der Waals surface area (Å²) < 4.78 is 12.7. The van der Waals surface area contributed by atoms with Crippen LogP contribution in [0.2, 0.25) is 0 Å². The number of nitrogen functional groups attached to an aromatic ring is 1. The van der Waals surface area contributed by atoms with E-state index < -0.39 is 39.4 Å². The summed E-state index contributed by atoms with van der Waals surface area (Å²) in [6.45, 7) is 4.48. The molecule has 12 nitrogen and oxygen atoms in total. The second-order valence-corrected chi connectivity index (χ2v) is 11.9. The lowest BCUT2D eigenvalue weighted by atomic mass is 9.93. The van der Waals surface area contributed by atoms with Crippen LogP contribution < -0.4 is 11.1 Å². The van der Waals surface area contributed by atoms with Crippen molar-refractivity contribution in [3.05, 3.63) is 93.0 Å². The van der Waals surface area contributed by atoms with Crippen molar-refractivity contribution < 1.29 is 28.3 Å². The van der Waals surface area contributed by atoms with Gasteiger partial charge in [-0.05, 0) is 35.0 Å². The number of nitrogens with one attached hydrogen (secondary N) is 1. The standard InChI is InChI=1S/C30H25N5O7S.C2H6/c31-19-13-17-3-1-5-21-25(17)23(15-19)29(38)34(28(21)37)10-12-43(42)11-8-32-7-9-33-27(36)22-6-2-4-18-14-20(35(40)41)16-24(26(18)22)30(33)39;1-2/h1-6,13-16,32H,7-12,31H2;1-2H3. The van der Waals surface area contributed by atoms with Gasteiger partial charge < -0.3 is 11.1 Å². The first-order chi connectivity index (χ1) is 21.7. The highest BCUT2D eigenvalue weighted by atomic mass is 32.2. The van der Waals surface area contributed by atoms with Crippen LogP contribution in [-0.2, 0) is 10.8 Å². The van der Waals surface area contributed by atoms with Crippen molar-refractivity contribution in [3.63, 3.8) is 0 Å². The number of amides is 4. The SMILES string of the molecule is CC.Nc1cc2c3c(cccc3c1)C(=O)N(CCS(=O)CCNCCN1C(=O)c3cccc4cc([N+](=O)[O-])cc(c34)C1=O)C2=O. The Bertz CT molecular complexity index is 1930. The average molecular weight is 630 g/mol. The normalized spacial score (nSPS) is 14.5. The van der Waals surface area contributed by atoms with Crippen molar-refractivity contribution in [3.8, 4) is 0 Å². The summed E-state index contributed by atoms with van der Waals surface area (Å²) in [5, 5.41) is 16.6. The Morgan fingerprint density at radius 3 is 1.87 bits per heavy atom. The van der Waals surface area contributed by atoms with Gasteiger partial charge in [0.2, 0.25) is 0 Å². The number of carbonyl (C=O) groups excluding carboxylic acids is 4. The molecule has 2 aliphatic rings. The fourth-order valence-electron chi connectivity index (χ4n) is 5.63. The van der Waals surface area contributed by atoms with E-state index in [0.717, 1.165) is 9.80 Å². The van der Waals surface area contributed by atoms with Crippen molar-refractivity contribution in [1.29, 1.82) is 0 Å². The van der Waals surface area contributed by atoms with Gasteiger partial charge in [-0.1, -0.05) is 38.1 Å². The van der Waals surface area contributed by atoms with Crippen LogP contribution in [0.4, 0.5) is 11.4 Å². The van der Waals surface area contributed by atoms with E-state index in [1.165, 1.54) is 12.1 Å². The maximum absolute atomic E-state index is 13.1. The lowest BCUT2D eigenvalue weighted by Crippen LogP contribution is -2.44. The van der Waals surface area contributed by atoms with Gasteiger partial charge in [0, 0.05) is 88.2 Å². The Morgan fingerprint density at radius 1 is 0.733 bits per heavy atom. The topological polar surface area (TPSA) is 173 Å². The number of benzene rings is 4. The largest absolute Gasteiger partial charge is 0.399 e. The first kappa shape index (κ1) is 31.4. The maximum Gasteiger partial charge on any atom is 0.270 e. The lowest BCUT2D eigenvalue weighted by molar-refractivity contribution is -0.384. The number of imide groups is 2. The molecule has 13 heteroatoms. The first-order valence-electron chi connectivity index (χ1n) is 14.5. The molecule has 4 aromatic rings. The molecular weight excluding hydrogens is 598 g/mol. The molecule has 0 aromatic heterocycles. The predicted molar refractivity (Wildman–Crippen MR) is 172 cm³/mol. The maximum atomic E-state index is 13.1. The molecule has 0 bridgehead atoms. The van der Waals surface area contributed by atoms with Crippen LogP contribution in [0.3, 0.4) is 0 Å². The minimum atomic E-state index is -1.37. The number of non-ortho nitro benzene ring substituents is 1. The number of carbonyl (C=O) groups is 4. The van der Waals surface area contributed by atoms with Gasteiger partial charge in [0.25, 0.3) is 29.3 Å². The van der Waals surface area contributed by atoms with E-state index in [1.807, 2.05) is 13.8 Å². The Labute approximate surface area is 260 Å². The van der Waals surface area contributed by atoms with Gasteiger partial charge in [-0.2, -0.15) is 0 Å². The van der Waals surface area contributed by atoms with Crippen LogP contribution >= 0.6 is 0 Å². The van der Waals surface area contributed by atoms with E-state index in [0.29, 0.717) is 50.5 Å². The smallest absolute Gasteiger partial charge is 0.270 e. The molecule has 4 aromatic carbocycles. The van der Waals surface area contributed by atoms with Gasteiger partial charge in [-0.3, -0.25) is 43.3 Å². The minimum absolute atomic E-state index is 0.00763. The van der Waals surface area contributed by atoms with Crippen molar-refractivity contribution in [2.75, 3.05) is 43.4 Å². The van der Waals surface area contributed by atoms with Crippen LogP contribution in [0.25, 0.3) is 21.5 Å². The number of hydrogen-bond donors (Lipinski definition) is 2. The van der Waals surface area contributed by atoms with E-state index in [-0.39, 0.29) is 42.4 Å². The van der Waals surface area contributed by atoms with Crippen LogP contribution in [0.1, 0.15) is 55.3 Å². The molecule has 6 rings (SSSR count). The number of rotatable bonds is 10.